The van der Waals surface area contributed by atoms with Crippen molar-refractivity contribution in [3.63, 3.8) is 0 Å². The number of hydrogen-bond donors (Lipinski definition) is 1. The predicted molar refractivity (Wildman–Crippen MR) is 136 cm³/mol. The van der Waals surface area contributed by atoms with Crippen molar-refractivity contribution in [2.45, 2.75) is 64.1 Å². The molecule has 4 rings (SSSR count). The van der Waals surface area contributed by atoms with Gasteiger partial charge in [0.25, 0.3) is 0 Å². The van der Waals surface area contributed by atoms with E-state index in [0.717, 1.165) is 47.9 Å². The molecule has 5 heteroatoms. The van der Waals surface area contributed by atoms with E-state index in [-0.39, 0.29) is 36.6 Å². The molecule has 3 aromatic carbocycles. The van der Waals surface area contributed by atoms with Crippen LogP contribution in [0.15, 0.2) is 78.9 Å². The SMILES string of the molecule is Cc1ccccc1CC(=O)N(Cc1ccc(F)cc1)[C@H](Cc1ccccc1)C(=O)NC1CCCC1. The second kappa shape index (κ2) is 11.8. The molecular formula is C30H33FN2O2. The van der Waals surface area contributed by atoms with E-state index in [4.69, 9.17) is 0 Å². The largest absolute Gasteiger partial charge is 0.352 e. The molecule has 35 heavy (non-hydrogen) atoms. The van der Waals surface area contributed by atoms with E-state index in [2.05, 4.69) is 5.32 Å². The van der Waals surface area contributed by atoms with Crippen LogP contribution >= 0.6 is 0 Å². The van der Waals surface area contributed by atoms with E-state index in [1.54, 1.807) is 17.0 Å². The van der Waals surface area contributed by atoms with Crippen LogP contribution in [-0.2, 0) is 29.0 Å². The zero-order chi connectivity index (χ0) is 24.6. The minimum atomic E-state index is -0.667. The van der Waals surface area contributed by atoms with Crippen molar-refractivity contribution in [3.8, 4) is 0 Å². The van der Waals surface area contributed by atoms with Gasteiger partial charge >= 0.3 is 0 Å². The van der Waals surface area contributed by atoms with Crippen LogP contribution in [0.2, 0.25) is 0 Å². The van der Waals surface area contributed by atoms with Gasteiger partial charge in [-0.05, 0) is 54.2 Å². The fraction of sp³-hybridized carbons (Fsp3) is 0.333. The fourth-order valence-corrected chi connectivity index (χ4v) is 4.78. The summed E-state index contributed by atoms with van der Waals surface area (Å²) >= 11 is 0. The molecule has 1 fully saturated rings. The molecular weight excluding hydrogens is 439 g/mol. The van der Waals surface area contributed by atoms with Gasteiger partial charge in [-0.15, -0.1) is 0 Å². The Kier molecular flexibility index (Phi) is 8.30. The van der Waals surface area contributed by atoms with Gasteiger partial charge < -0.3 is 10.2 Å². The van der Waals surface area contributed by atoms with Gasteiger partial charge in [-0.2, -0.15) is 0 Å². The van der Waals surface area contributed by atoms with Crippen molar-refractivity contribution in [1.29, 1.82) is 0 Å². The number of amides is 2. The Morgan fingerprint density at radius 1 is 0.914 bits per heavy atom. The number of hydrogen-bond acceptors (Lipinski definition) is 2. The lowest BCUT2D eigenvalue weighted by Gasteiger charge is -2.32. The van der Waals surface area contributed by atoms with Gasteiger partial charge in [0.15, 0.2) is 0 Å². The quantitative estimate of drug-likeness (QED) is 0.455. The first kappa shape index (κ1) is 24.6. The zero-order valence-corrected chi connectivity index (χ0v) is 20.3. The number of benzene rings is 3. The maximum Gasteiger partial charge on any atom is 0.243 e. The van der Waals surface area contributed by atoms with E-state index in [9.17, 15) is 14.0 Å². The monoisotopic (exact) mass is 472 g/mol. The van der Waals surface area contributed by atoms with E-state index < -0.39 is 6.04 Å². The molecule has 1 aliphatic rings. The van der Waals surface area contributed by atoms with E-state index in [1.165, 1.54) is 12.1 Å². The molecule has 2 amide bonds. The molecule has 3 aromatic rings. The third-order valence-electron chi connectivity index (χ3n) is 6.84. The zero-order valence-electron chi connectivity index (χ0n) is 20.3. The van der Waals surface area contributed by atoms with Gasteiger partial charge in [0.2, 0.25) is 11.8 Å². The Hall–Kier alpha value is -3.47. The molecule has 1 atom stereocenters. The standard InChI is InChI=1S/C30H33FN2O2/c1-22-9-5-6-12-25(22)20-29(34)33(21-24-15-17-26(31)18-16-24)28(19-23-10-3-2-4-11-23)30(35)32-27-13-7-8-14-27/h2-6,9-12,15-18,27-28H,7-8,13-14,19-21H2,1H3,(H,32,35)/t28-/m1/s1. The van der Waals surface area contributed by atoms with Crippen LogP contribution in [0.4, 0.5) is 4.39 Å². The van der Waals surface area contributed by atoms with E-state index >= 15 is 0 Å². The second-order valence-electron chi connectivity index (χ2n) is 9.45. The summed E-state index contributed by atoms with van der Waals surface area (Å²) < 4.78 is 13.6. The highest BCUT2D eigenvalue weighted by Crippen LogP contribution is 2.21. The van der Waals surface area contributed by atoms with Crippen molar-refractivity contribution in [3.05, 3.63) is 107 Å². The number of carbonyl (C=O) groups excluding carboxylic acids is 2. The Bertz CT molecular complexity index is 1120. The average molecular weight is 473 g/mol. The molecule has 1 saturated carbocycles. The number of rotatable bonds is 9. The first-order valence-corrected chi connectivity index (χ1v) is 12.4. The van der Waals surface area contributed by atoms with E-state index in [1.807, 2.05) is 61.5 Å². The van der Waals surface area contributed by atoms with Gasteiger partial charge in [-0.3, -0.25) is 9.59 Å². The maximum absolute atomic E-state index is 13.8. The molecule has 182 valence electrons. The fourth-order valence-electron chi connectivity index (χ4n) is 4.78. The van der Waals surface area contributed by atoms with Crippen LogP contribution in [0.1, 0.15) is 47.9 Å². The molecule has 4 nitrogen and oxygen atoms in total. The highest BCUT2D eigenvalue weighted by Gasteiger charge is 2.32. The van der Waals surface area contributed by atoms with Gasteiger partial charge in [0, 0.05) is 19.0 Å². The summed E-state index contributed by atoms with van der Waals surface area (Å²) in [5, 5.41) is 3.21. The lowest BCUT2D eigenvalue weighted by Crippen LogP contribution is -2.52. The van der Waals surface area contributed by atoms with Crippen molar-refractivity contribution >= 4 is 11.8 Å². The first-order valence-electron chi connectivity index (χ1n) is 12.4. The summed E-state index contributed by atoms with van der Waals surface area (Å²) in [4.78, 5) is 29.1. The molecule has 0 bridgehead atoms. The minimum absolute atomic E-state index is 0.119. The van der Waals surface area contributed by atoms with Gasteiger partial charge in [-0.1, -0.05) is 79.6 Å². The summed E-state index contributed by atoms with van der Waals surface area (Å²) in [5.74, 6) is -0.571. The summed E-state index contributed by atoms with van der Waals surface area (Å²) in [7, 11) is 0. The number of halogens is 1. The van der Waals surface area contributed by atoms with Crippen LogP contribution in [0, 0.1) is 12.7 Å². The molecule has 0 aromatic heterocycles. The second-order valence-corrected chi connectivity index (χ2v) is 9.45. The van der Waals surface area contributed by atoms with Crippen LogP contribution in [-0.4, -0.2) is 28.8 Å². The number of nitrogens with one attached hydrogen (secondary N) is 1. The van der Waals surface area contributed by atoms with Gasteiger partial charge in [0.05, 0.1) is 6.42 Å². The molecule has 1 N–H and O–H groups in total. The molecule has 0 saturated heterocycles. The Labute approximate surface area is 207 Å². The normalized spacial score (nSPS) is 14.5. The maximum atomic E-state index is 13.8. The van der Waals surface area contributed by atoms with Crippen LogP contribution in [0.3, 0.4) is 0 Å². The molecule has 0 heterocycles. The van der Waals surface area contributed by atoms with E-state index in [0.29, 0.717) is 6.42 Å². The third kappa shape index (κ3) is 6.78. The third-order valence-corrected chi connectivity index (χ3v) is 6.84. The number of nitrogens with zero attached hydrogens (tertiary/aromatic N) is 1. The predicted octanol–water partition coefficient (Wildman–Crippen LogP) is 5.38. The highest BCUT2D eigenvalue weighted by molar-refractivity contribution is 5.89. The molecule has 0 aliphatic heterocycles. The minimum Gasteiger partial charge on any atom is -0.352 e. The molecule has 0 unspecified atom stereocenters. The lowest BCUT2D eigenvalue weighted by atomic mass is 10.00. The van der Waals surface area contributed by atoms with Crippen LogP contribution < -0.4 is 5.32 Å². The van der Waals surface area contributed by atoms with Crippen LogP contribution in [0.5, 0.6) is 0 Å². The summed E-state index contributed by atoms with van der Waals surface area (Å²) in [6, 6.07) is 23.2. The van der Waals surface area contributed by atoms with Crippen molar-refractivity contribution in [2.24, 2.45) is 0 Å². The van der Waals surface area contributed by atoms with Crippen LogP contribution in [0.25, 0.3) is 0 Å². The number of aryl methyl sites for hydroxylation is 1. The topological polar surface area (TPSA) is 49.4 Å². The average Bonchev–Trinajstić information content (AvgIpc) is 3.37. The molecule has 0 spiro atoms. The smallest absolute Gasteiger partial charge is 0.243 e. The Morgan fingerprint density at radius 2 is 1.57 bits per heavy atom. The summed E-state index contributed by atoms with van der Waals surface area (Å²) in [5.41, 5.74) is 3.76. The summed E-state index contributed by atoms with van der Waals surface area (Å²) in [6.07, 6.45) is 4.79. The Balaban J connectivity index is 1.66. The van der Waals surface area contributed by atoms with Gasteiger partial charge in [0.1, 0.15) is 11.9 Å². The lowest BCUT2D eigenvalue weighted by molar-refractivity contribution is -0.141. The summed E-state index contributed by atoms with van der Waals surface area (Å²) in [6.45, 7) is 2.22. The highest BCUT2D eigenvalue weighted by atomic mass is 19.1. The van der Waals surface area contributed by atoms with Crippen molar-refractivity contribution in [2.75, 3.05) is 0 Å². The molecule has 1 aliphatic carbocycles. The van der Waals surface area contributed by atoms with Crippen molar-refractivity contribution < 1.29 is 14.0 Å². The van der Waals surface area contributed by atoms with Crippen molar-refractivity contribution in [1.82, 2.24) is 10.2 Å². The van der Waals surface area contributed by atoms with Gasteiger partial charge in [-0.25, -0.2) is 4.39 Å². The molecule has 0 radical (unpaired) electrons. The first-order chi connectivity index (χ1) is 17.0. The Morgan fingerprint density at radius 3 is 2.26 bits per heavy atom. The number of carbonyl (C=O) groups is 2.